The highest BCUT2D eigenvalue weighted by molar-refractivity contribution is 6.21. The van der Waals surface area contributed by atoms with Crippen molar-refractivity contribution in [1.29, 1.82) is 0 Å². The van der Waals surface area contributed by atoms with Crippen LogP contribution >= 0.6 is 0 Å². The molecule has 0 aromatic heterocycles. The summed E-state index contributed by atoms with van der Waals surface area (Å²) >= 11 is 0. The lowest BCUT2D eigenvalue weighted by Gasteiger charge is -2.14. The number of rotatable bonds is 7. The van der Waals surface area contributed by atoms with Crippen LogP contribution in [0.4, 0.5) is 0 Å². The maximum absolute atomic E-state index is 10.7. The summed E-state index contributed by atoms with van der Waals surface area (Å²) < 4.78 is 0. The van der Waals surface area contributed by atoms with Gasteiger partial charge in [0.15, 0.2) is 0 Å². The van der Waals surface area contributed by atoms with Crippen LogP contribution in [0.15, 0.2) is 77.0 Å². The first-order chi connectivity index (χ1) is 9.33. The minimum absolute atomic E-state index is 0.665. The van der Waals surface area contributed by atoms with Crippen LogP contribution in [0.5, 0.6) is 0 Å². The Bertz CT molecular complexity index is 487. The average Bonchev–Trinajstić information content (AvgIpc) is 2.37. The van der Waals surface area contributed by atoms with E-state index in [-0.39, 0.29) is 0 Å². The van der Waals surface area contributed by atoms with E-state index >= 15 is 0 Å². The van der Waals surface area contributed by atoms with Crippen molar-refractivity contribution < 1.29 is 0 Å². The van der Waals surface area contributed by atoms with Gasteiger partial charge in [-0.2, -0.15) is 0 Å². The van der Waals surface area contributed by atoms with Crippen LogP contribution in [0.25, 0.3) is 0 Å². The van der Waals surface area contributed by atoms with Crippen molar-refractivity contribution in [1.82, 2.24) is 0 Å². The minimum Gasteiger partial charge on any atom is -0.150 e. The van der Waals surface area contributed by atoms with Crippen molar-refractivity contribution in [2.75, 3.05) is 0 Å². The Balaban J connectivity index is 4.80. The fourth-order valence-electron chi connectivity index (χ4n) is 1.26. The van der Waals surface area contributed by atoms with Crippen LogP contribution < -0.4 is 0 Å². The molecule has 0 heterocycles. The van der Waals surface area contributed by atoms with E-state index in [0.717, 1.165) is 16.6 Å². The van der Waals surface area contributed by atoms with Gasteiger partial charge in [0.05, 0.1) is 0 Å². The van der Waals surface area contributed by atoms with E-state index in [4.69, 9.17) is 7.85 Å². The summed E-state index contributed by atoms with van der Waals surface area (Å²) in [6, 6.07) is 0. The Kier molecular flexibility index (Phi) is 8.22. The van der Waals surface area contributed by atoms with Gasteiger partial charge in [-0.15, -0.1) is 10.4 Å². The predicted molar refractivity (Wildman–Crippen MR) is 89.7 cm³/mol. The highest BCUT2D eigenvalue weighted by Crippen LogP contribution is 2.19. The average molecular weight is 267 g/mol. The van der Waals surface area contributed by atoms with E-state index in [1.54, 1.807) is 19.9 Å². The zero-order chi connectivity index (χ0) is 15.6. The summed E-state index contributed by atoms with van der Waals surface area (Å²) in [4.78, 5) is 10.7. The van der Waals surface area contributed by atoms with Crippen molar-refractivity contribution in [2.24, 2.45) is 5.18 Å². The SMILES string of the molecule is [B]/C(C)=C/C(=C\C=C)/C=C/C=C\C=C(/C)C(C)(C)N=O. The molecule has 0 spiro atoms. The van der Waals surface area contributed by atoms with E-state index in [1.165, 1.54) is 0 Å². The molecular weight excluding hydrogens is 245 g/mol. The molecule has 0 atom stereocenters. The molecule has 3 heteroatoms. The fourth-order valence-corrected chi connectivity index (χ4v) is 1.26. The molecule has 0 bridgehead atoms. The zero-order valence-corrected chi connectivity index (χ0v) is 12.8. The molecule has 20 heavy (non-hydrogen) atoms. The summed E-state index contributed by atoms with van der Waals surface area (Å²) in [5.41, 5.74) is 1.96. The molecule has 0 amide bonds. The summed E-state index contributed by atoms with van der Waals surface area (Å²) in [6.45, 7) is 11.0. The summed E-state index contributed by atoms with van der Waals surface area (Å²) in [6.07, 6.45) is 14.9. The first kappa shape index (κ1) is 18.1. The molecule has 2 radical (unpaired) electrons. The van der Waals surface area contributed by atoms with Crippen LogP contribution in [0, 0.1) is 4.91 Å². The van der Waals surface area contributed by atoms with Gasteiger partial charge in [0, 0.05) is 0 Å². The van der Waals surface area contributed by atoms with E-state index in [2.05, 4.69) is 11.8 Å². The zero-order valence-electron chi connectivity index (χ0n) is 12.8. The molecule has 0 aliphatic heterocycles. The topological polar surface area (TPSA) is 29.4 Å². The van der Waals surface area contributed by atoms with Gasteiger partial charge >= 0.3 is 0 Å². The highest BCUT2D eigenvalue weighted by Gasteiger charge is 2.19. The Morgan fingerprint density at radius 1 is 1.15 bits per heavy atom. The molecule has 0 fully saturated rings. The largest absolute Gasteiger partial charge is 0.150 e. The highest BCUT2D eigenvalue weighted by atomic mass is 16.3. The third-order valence-corrected chi connectivity index (χ3v) is 2.76. The van der Waals surface area contributed by atoms with E-state index in [9.17, 15) is 4.91 Å². The lowest BCUT2D eigenvalue weighted by atomic mass is 9.95. The molecule has 0 aliphatic rings. The second-order valence-corrected chi connectivity index (χ2v) is 5.03. The number of nitrogens with zero attached hydrogens (tertiary/aromatic N) is 1. The first-order valence-corrected chi connectivity index (χ1v) is 6.46. The molecule has 0 aromatic rings. The lowest BCUT2D eigenvalue weighted by Crippen LogP contribution is -2.16. The van der Waals surface area contributed by atoms with E-state index in [0.29, 0.717) is 0 Å². The summed E-state index contributed by atoms with van der Waals surface area (Å²) in [5.74, 6) is 0. The lowest BCUT2D eigenvalue weighted by molar-refractivity contribution is 0.609. The number of allylic oxidation sites excluding steroid dienone is 10. The molecule has 2 nitrogen and oxygen atoms in total. The fraction of sp³-hybridized carbons (Fsp3) is 0.294. The van der Waals surface area contributed by atoms with Gasteiger partial charge in [-0.05, 0) is 31.9 Å². The van der Waals surface area contributed by atoms with Gasteiger partial charge in [0.2, 0.25) is 0 Å². The van der Waals surface area contributed by atoms with Crippen LogP contribution in [-0.4, -0.2) is 13.4 Å². The van der Waals surface area contributed by atoms with Crippen molar-refractivity contribution in [2.45, 2.75) is 33.2 Å². The monoisotopic (exact) mass is 267 g/mol. The van der Waals surface area contributed by atoms with Crippen LogP contribution in [0.1, 0.15) is 27.7 Å². The molecule has 0 unspecified atom stereocenters. The van der Waals surface area contributed by atoms with E-state index in [1.807, 2.05) is 56.4 Å². The second kappa shape index (κ2) is 9.08. The number of hydrogen-bond acceptors (Lipinski definition) is 2. The van der Waals surface area contributed by atoms with Gasteiger partial charge in [0.25, 0.3) is 0 Å². The number of hydrogen-bond donors (Lipinski definition) is 0. The van der Waals surface area contributed by atoms with Crippen molar-refractivity contribution in [3.8, 4) is 0 Å². The third-order valence-electron chi connectivity index (χ3n) is 2.76. The first-order valence-electron chi connectivity index (χ1n) is 6.46. The molecule has 0 saturated carbocycles. The van der Waals surface area contributed by atoms with Crippen LogP contribution in [0.3, 0.4) is 0 Å². The molecule has 0 N–H and O–H groups in total. The van der Waals surface area contributed by atoms with Gasteiger partial charge < -0.3 is 0 Å². The van der Waals surface area contributed by atoms with Gasteiger partial charge in [-0.25, -0.2) is 0 Å². The number of nitroso groups, excluding NO2 is 1. The standard InChI is InChI=1S/C17H22BNO/c1-6-10-16(13-15(3)18)12-9-7-8-11-14(2)17(4,5)19-20/h6-13H,1H2,2-5H3/b8-7-,12-9+,14-11+,15-13+,16-10-. The van der Waals surface area contributed by atoms with Crippen molar-refractivity contribution in [3.63, 3.8) is 0 Å². The van der Waals surface area contributed by atoms with Gasteiger partial charge in [-0.3, -0.25) is 0 Å². The molecule has 0 aliphatic carbocycles. The van der Waals surface area contributed by atoms with Crippen molar-refractivity contribution in [3.05, 3.63) is 76.7 Å². The second-order valence-electron chi connectivity index (χ2n) is 5.03. The molecule has 0 saturated heterocycles. The molecule has 104 valence electrons. The maximum atomic E-state index is 10.7. The van der Waals surface area contributed by atoms with E-state index < -0.39 is 5.54 Å². The normalized spacial score (nSPS) is 15.1. The van der Waals surface area contributed by atoms with Crippen molar-refractivity contribution >= 4 is 7.85 Å². The Hall–Kier alpha value is -1.90. The Morgan fingerprint density at radius 3 is 2.30 bits per heavy atom. The minimum atomic E-state index is -0.665. The predicted octanol–water partition coefficient (Wildman–Crippen LogP) is 4.77. The quantitative estimate of drug-likeness (QED) is 0.371. The maximum Gasteiger partial charge on any atom is 0.118 e. The van der Waals surface area contributed by atoms with Crippen LogP contribution in [0.2, 0.25) is 0 Å². The summed E-state index contributed by atoms with van der Waals surface area (Å²) in [7, 11) is 5.64. The molecule has 0 aromatic carbocycles. The summed E-state index contributed by atoms with van der Waals surface area (Å²) in [5, 5.41) is 3.09. The molecule has 0 rings (SSSR count). The third kappa shape index (κ3) is 7.52. The Morgan fingerprint density at radius 2 is 1.80 bits per heavy atom. The van der Waals surface area contributed by atoms with Gasteiger partial charge in [0.1, 0.15) is 13.4 Å². The Labute approximate surface area is 123 Å². The smallest absolute Gasteiger partial charge is 0.118 e. The molecular formula is C17H22BNO. The van der Waals surface area contributed by atoms with Gasteiger partial charge in [-0.1, -0.05) is 67.3 Å². The van der Waals surface area contributed by atoms with Crippen LogP contribution in [-0.2, 0) is 0 Å².